The summed E-state index contributed by atoms with van der Waals surface area (Å²) in [4.78, 5) is 2.30. The second-order valence-electron chi connectivity index (χ2n) is 5.30. The van der Waals surface area contributed by atoms with Gasteiger partial charge in [-0.15, -0.1) is 0 Å². The Hall–Kier alpha value is -0.770. The molecule has 1 atom stereocenters. The van der Waals surface area contributed by atoms with E-state index in [0.717, 1.165) is 25.4 Å². The Kier molecular flexibility index (Phi) is 6.63. The lowest BCUT2D eigenvalue weighted by molar-refractivity contribution is -0.00000610. The molecule has 1 unspecified atom stereocenters. The first-order valence-corrected chi connectivity index (χ1v) is 6.75. The maximum absolute atomic E-state index is 9.94. The molecule has 1 aliphatic rings. The lowest BCUT2D eigenvalue weighted by Gasteiger charge is -2.19. The van der Waals surface area contributed by atoms with Crippen LogP contribution < -0.4 is 17.1 Å². The quantitative estimate of drug-likeness (QED) is 0.764. The Labute approximate surface area is 122 Å². The first-order valence-electron chi connectivity index (χ1n) is 6.75. The number of rotatable bonds is 5. The van der Waals surface area contributed by atoms with Crippen LogP contribution in [0.1, 0.15) is 24.0 Å². The van der Waals surface area contributed by atoms with E-state index in [0.29, 0.717) is 6.61 Å². The lowest BCUT2D eigenvalue weighted by atomic mass is 10.1. The largest absolute Gasteiger partial charge is 1.00 e. The molecule has 0 saturated carbocycles. The number of ether oxygens (including phenoxy) is 1. The molecule has 1 heterocycles. The molecule has 4 heteroatoms. The summed E-state index contributed by atoms with van der Waals surface area (Å²) < 4.78 is 5.66. The molecular weight excluding hydrogens is 262 g/mol. The van der Waals surface area contributed by atoms with Crippen LogP contribution in [0.25, 0.3) is 0 Å². The monoisotopic (exact) mass is 284 g/mol. The van der Waals surface area contributed by atoms with Gasteiger partial charge in [0.1, 0.15) is 18.5 Å². The molecule has 1 aromatic rings. The van der Waals surface area contributed by atoms with Crippen LogP contribution in [0.4, 0.5) is 0 Å². The van der Waals surface area contributed by atoms with Crippen LogP contribution in [-0.2, 0) is 0 Å². The number of hydrogen-bond donors (Lipinski definition) is 1. The predicted octanol–water partition coefficient (Wildman–Crippen LogP) is -0.857. The van der Waals surface area contributed by atoms with Gasteiger partial charge >= 0.3 is 0 Å². The number of likely N-dealkylation sites (tertiary alicyclic amines) is 1. The fourth-order valence-electron chi connectivity index (χ4n) is 2.52. The number of halogens is 1. The summed E-state index contributed by atoms with van der Waals surface area (Å²) in [6.45, 7) is 7.44. The SMILES string of the molecule is Cc1cc(C)cc(OCC(O)CN2CCCC2)c1.[Cl-]. The standard InChI is InChI=1S/C15H23NO2.ClH/c1-12-7-13(2)9-15(8-12)18-11-14(17)10-16-5-3-4-6-16;/h7-9,14,17H,3-6,10-11H2,1-2H3;1H/p-1. The van der Waals surface area contributed by atoms with E-state index in [1.165, 1.54) is 24.0 Å². The number of β-amino-alcohol motifs (C(OH)–C–C–N with tert-alkyl or cyclic N) is 1. The van der Waals surface area contributed by atoms with Gasteiger partial charge in [0.25, 0.3) is 0 Å². The molecular formula is C15H23ClNO2-. The van der Waals surface area contributed by atoms with Crippen molar-refractivity contribution in [3.8, 4) is 5.75 Å². The van der Waals surface area contributed by atoms with Crippen LogP contribution in [0.2, 0.25) is 0 Å². The highest BCUT2D eigenvalue weighted by Gasteiger charge is 2.16. The zero-order valence-corrected chi connectivity index (χ0v) is 12.5. The maximum Gasteiger partial charge on any atom is 0.119 e. The van der Waals surface area contributed by atoms with Crippen molar-refractivity contribution >= 4 is 0 Å². The summed E-state index contributed by atoms with van der Waals surface area (Å²) in [7, 11) is 0. The van der Waals surface area contributed by atoms with E-state index >= 15 is 0 Å². The second-order valence-corrected chi connectivity index (χ2v) is 5.30. The maximum atomic E-state index is 9.94. The van der Waals surface area contributed by atoms with Crippen molar-refractivity contribution in [2.45, 2.75) is 32.8 Å². The van der Waals surface area contributed by atoms with Crippen molar-refractivity contribution in [2.75, 3.05) is 26.2 Å². The van der Waals surface area contributed by atoms with E-state index in [9.17, 15) is 5.11 Å². The van der Waals surface area contributed by atoms with Gasteiger partial charge in [0.05, 0.1) is 0 Å². The molecule has 0 bridgehead atoms. The fraction of sp³-hybridized carbons (Fsp3) is 0.600. The molecule has 3 nitrogen and oxygen atoms in total. The van der Waals surface area contributed by atoms with Crippen LogP contribution in [-0.4, -0.2) is 42.4 Å². The van der Waals surface area contributed by atoms with Crippen molar-refractivity contribution < 1.29 is 22.3 Å². The lowest BCUT2D eigenvalue weighted by Crippen LogP contribution is -3.00. The molecule has 0 aliphatic carbocycles. The zero-order valence-electron chi connectivity index (χ0n) is 11.7. The van der Waals surface area contributed by atoms with E-state index < -0.39 is 6.10 Å². The molecule has 2 rings (SSSR count). The molecule has 1 N–H and O–H groups in total. The van der Waals surface area contributed by atoms with Gasteiger partial charge in [0, 0.05) is 6.54 Å². The number of hydrogen-bond acceptors (Lipinski definition) is 3. The second kappa shape index (κ2) is 7.73. The molecule has 108 valence electrons. The van der Waals surface area contributed by atoms with Gasteiger partial charge in [-0.3, -0.25) is 0 Å². The highest BCUT2D eigenvalue weighted by atomic mass is 35.5. The predicted molar refractivity (Wildman–Crippen MR) is 73.1 cm³/mol. The van der Waals surface area contributed by atoms with E-state index in [4.69, 9.17) is 4.74 Å². The number of aryl methyl sites for hydroxylation is 2. The molecule has 1 aromatic carbocycles. The number of benzene rings is 1. The molecule has 1 fully saturated rings. The minimum Gasteiger partial charge on any atom is -1.00 e. The molecule has 1 aliphatic heterocycles. The highest BCUT2D eigenvalue weighted by molar-refractivity contribution is 5.32. The summed E-state index contributed by atoms with van der Waals surface area (Å²) >= 11 is 0. The molecule has 0 radical (unpaired) electrons. The van der Waals surface area contributed by atoms with E-state index in [1.807, 2.05) is 12.1 Å². The summed E-state index contributed by atoms with van der Waals surface area (Å²) in [5.74, 6) is 0.855. The van der Waals surface area contributed by atoms with Crippen molar-refractivity contribution in [3.05, 3.63) is 29.3 Å². The molecule has 1 saturated heterocycles. The van der Waals surface area contributed by atoms with Crippen molar-refractivity contribution in [3.63, 3.8) is 0 Å². The molecule has 0 spiro atoms. The zero-order chi connectivity index (χ0) is 13.0. The van der Waals surface area contributed by atoms with Gasteiger partial charge in [-0.05, 0) is 63.0 Å². The van der Waals surface area contributed by atoms with Crippen LogP contribution in [0.15, 0.2) is 18.2 Å². The Morgan fingerprint density at radius 2 is 1.74 bits per heavy atom. The third-order valence-corrected chi connectivity index (χ3v) is 3.31. The third kappa shape index (κ3) is 5.39. The van der Waals surface area contributed by atoms with E-state index in [-0.39, 0.29) is 12.4 Å². The average Bonchev–Trinajstić information content (AvgIpc) is 2.78. The fourth-order valence-corrected chi connectivity index (χ4v) is 2.52. The van der Waals surface area contributed by atoms with Crippen LogP contribution in [0, 0.1) is 13.8 Å². The van der Waals surface area contributed by atoms with Crippen LogP contribution >= 0.6 is 0 Å². The smallest absolute Gasteiger partial charge is 0.119 e. The van der Waals surface area contributed by atoms with Gasteiger partial charge in [0.15, 0.2) is 0 Å². The van der Waals surface area contributed by atoms with Gasteiger partial charge in [-0.1, -0.05) is 6.07 Å². The Bertz CT molecular complexity index is 371. The molecule has 0 aromatic heterocycles. The van der Waals surface area contributed by atoms with E-state index in [1.54, 1.807) is 0 Å². The summed E-state index contributed by atoms with van der Waals surface area (Å²) in [5.41, 5.74) is 2.39. The first kappa shape index (κ1) is 16.3. The van der Waals surface area contributed by atoms with Gasteiger partial charge in [0.2, 0.25) is 0 Å². The normalized spacial score (nSPS) is 17.0. The minimum absolute atomic E-state index is 0. The molecule has 19 heavy (non-hydrogen) atoms. The minimum atomic E-state index is -0.399. The van der Waals surface area contributed by atoms with Crippen molar-refractivity contribution in [2.24, 2.45) is 0 Å². The summed E-state index contributed by atoms with van der Waals surface area (Å²) in [5, 5.41) is 9.94. The Morgan fingerprint density at radius 1 is 1.16 bits per heavy atom. The van der Waals surface area contributed by atoms with Crippen LogP contribution in [0.5, 0.6) is 5.75 Å². The summed E-state index contributed by atoms with van der Waals surface area (Å²) in [6.07, 6.45) is 2.11. The number of nitrogens with zero attached hydrogens (tertiary/aromatic N) is 1. The van der Waals surface area contributed by atoms with Crippen molar-refractivity contribution in [1.29, 1.82) is 0 Å². The number of aliphatic hydroxyl groups is 1. The van der Waals surface area contributed by atoms with Gasteiger partial charge in [-0.2, -0.15) is 0 Å². The number of aliphatic hydroxyl groups excluding tert-OH is 1. The molecule has 0 amide bonds. The Morgan fingerprint density at radius 3 is 2.32 bits per heavy atom. The van der Waals surface area contributed by atoms with Gasteiger partial charge < -0.3 is 27.2 Å². The van der Waals surface area contributed by atoms with Crippen molar-refractivity contribution in [1.82, 2.24) is 4.90 Å². The third-order valence-electron chi connectivity index (χ3n) is 3.31. The highest BCUT2D eigenvalue weighted by Crippen LogP contribution is 2.16. The topological polar surface area (TPSA) is 32.7 Å². The Balaban J connectivity index is 0.00000180. The average molecular weight is 285 g/mol. The van der Waals surface area contributed by atoms with Crippen LogP contribution in [0.3, 0.4) is 0 Å². The summed E-state index contributed by atoms with van der Waals surface area (Å²) in [6, 6.07) is 6.14. The first-order chi connectivity index (χ1) is 8.63. The van der Waals surface area contributed by atoms with Gasteiger partial charge in [-0.25, -0.2) is 0 Å². The van der Waals surface area contributed by atoms with E-state index in [2.05, 4.69) is 24.8 Å².